The number of nitrogens with zero attached hydrogens (tertiary/aromatic N) is 3. The third-order valence-corrected chi connectivity index (χ3v) is 4.43. The number of hydrogen-bond acceptors (Lipinski definition) is 3. The first-order valence-electron chi connectivity index (χ1n) is 7.23. The fourth-order valence-electron chi connectivity index (χ4n) is 3.22. The van der Waals surface area contributed by atoms with Gasteiger partial charge < -0.3 is 10.0 Å². The van der Waals surface area contributed by atoms with E-state index in [1.165, 1.54) is 0 Å². The quantitative estimate of drug-likeness (QED) is 0.904. The summed E-state index contributed by atoms with van der Waals surface area (Å²) in [6.45, 7) is 10.4. The van der Waals surface area contributed by atoms with Crippen molar-refractivity contribution in [2.75, 3.05) is 18.0 Å². The van der Waals surface area contributed by atoms with Crippen LogP contribution in [0, 0.1) is 18.3 Å². The Bertz CT molecular complexity index is 506. The normalized spacial score (nSPS) is 17.6. The standard InChI is InChI=1S/C15H25N3O2/c1-10-12(14(19)20)13(17(5)16-10)18-8-6-11(7-9-18)15(2,3)4/h11H,6-9H2,1-5H3,(H,19,20). The second kappa shape index (κ2) is 5.11. The molecule has 1 N–H and O–H groups in total. The molecule has 1 saturated heterocycles. The average Bonchev–Trinajstić information content (AvgIpc) is 2.63. The lowest BCUT2D eigenvalue weighted by molar-refractivity contribution is 0.0696. The maximum atomic E-state index is 11.4. The van der Waals surface area contributed by atoms with Gasteiger partial charge in [-0.05, 0) is 31.1 Å². The van der Waals surface area contributed by atoms with Crippen molar-refractivity contribution in [2.45, 2.75) is 40.5 Å². The van der Waals surface area contributed by atoms with Crippen molar-refractivity contribution in [3.05, 3.63) is 11.3 Å². The van der Waals surface area contributed by atoms with Crippen molar-refractivity contribution >= 4 is 11.8 Å². The molecule has 0 unspecified atom stereocenters. The topological polar surface area (TPSA) is 58.4 Å². The van der Waals surface area contributed by atoms with Gasteiger partial charge in [0.25, 0.3) is 0 Å². The van der Waals surface area contributed by atoms with Crippen LogP contribution in [0.1, 0.15) is 49.7 Å². The van der Waals surface area contributed by atoms with E-state index in [0.29, 0.717) is 22.6 Å². The van der Waals surface area contributed by atoms with Crippen LogP contribution in [0.4, 0.5) is 5.82 Å². The summed E-state index contributed by atoms with van der Waals surface area (Å²) >= 11 is 0. The smallest absolute Gasteiger partial charge is 0.341 e. The van der Waals surface area contributed by atoms with Crippen LogP contribution in [-0.4, -0.2) is 33.9 Å². The lowest BCUT2D eigenvalue weighted by Gasteiger charge is -2.39. The molecule has 0 bridgehead atoms. The van der Waals surface area contributed by atoms with E-state index in [1.54, 1.807) is 11.6 Å². The molecular formula is C15H25N3O2. The predicted octanol–water partition coefficient (Wildman–Crippen LogP) is 2.69. The van der Waals surface area contributed by atoms with Gasteiger partial charge in [0, 0.05) is 20.1 Å². The minimum Gasteiger partial charge on any atom is -0.477 e. The van der Waals surface area contributed by atoms with E-state index in [9.17, 15) is 9.90 Å². The molecule has 0 aromatic carbocycles. The maximum absolute atomic E-state index is 11.4. The molecule has 112 valence electrons. The van der Waals surface area contributed by atoms with Crippen LogP contribution in [0.25, 0.3) is 0 Å². The van der Waals surface area contributed by atoms with Gasteiger partial charge in [-0.25, -0.2) is 4.79 Å². The molecule has 0 amide bonds. The number of aryl methyl sites for hydroxylation is 2. The fourth-order valence-corrected chi connectivity index (χ4v) is 3.22. The van der Waals surface area contributed by atoms with E-state index in [4.69, 9.17) is 0 Å². The number of piperidine rings is 1. The van der Waals surface area contributed by atoms with Crippen molar-refractivity contribution in [1.29, 1.82) is 0 Å². The highest BCUT2D eigenvalue weighted by molar-refractivity contribution is 5.94. The molecule has 1 aromatic heterocycles. The summed E-state index contributed by atoms with van der Waals surface area (Å²) in [5, 5.41) is 13.7. The lowest BCUT2D eigenvalue weighted by Crippen LogP contribution is -2.39. The summed E-state index contributed by atoms with van der Waals surface area (Å²) < 4.78 is 1.70. The Kier molecular flexibility index (Phi) is 3.80. The van der Waals surface area contributed by atoms with Crippen LogP contribution in [0.2, 0.25) is 0 Å². The summed E-state index contributed by atoms with van der Waals surface area (Å²) in [5.74, 6) is 0.562. The Morgan fingerprint density at radius 1 is 1.30 bits per heavy atom. The first-order chi connectivity index (χ1) is 9.21. The summed E-state index contributed by atoms with van der Waals surface area (Å²) in [4.78, 5) is 13.6. The van der Waals surface area contributed by atoms with Crippen molar-refractivity contribution in [1.82, 2.24) is 9.78 Å². The zero-order valence-electron chi connectivity index (χ0n) is 13.1. The molecule has 0 atom stereocenters. The SMILES string of the molecule is Cc1nn(C)c(N2CCC(C(C)(C)C)CC2)c1C(=O)O. The van der Waals surface area contributed by atoms with Crippen LogP contribution in [0.5, 0.6) is 0 Å². The highest BCUT2D eigenvalue weighted by atomic mass is 16.4. The molecular weight excluding hydrogens is 254 g/mol. The molecule has 1 fully saturated rings. The molecule has 2 heterocycles. The molecule has 20 heavy (non-hydrogen) atoms. The molecule has 0 radical (unpaired) electrons. The second-order valence-corrected chi connectivity index (χ2v) is 6.84. The molecule has 0 spiro atoms. The van der Waals surface area contributed by atoms with Gasteiger partial charge in [0.15, 0.2) is 0 Å². The number of carboxylic acids is 1. The largest absolute Gasteiger partial charge is 0.477 e. The van der Waals surface area contributed by atoms with Crippen LogP contribution >= 0.6 is 0 Å². The third-order valence-electron chi connectivity index (χ3n) is 4.43. The highest BCUT2D eigenvalue weighted by Crippen LogP contribution is 2.36. The average molecular weight is 279 g/mol. The van der Waals surface area contributed by atoms with Gasteiger partial charge in [-0.1, -0.05) is 20.8 Å². The fraction of sp³-hybridized carbons (Fsp3) is 0.733. The summed E-state index contributed by atoms with van der Waals surface area (Å²) in [6.07, 6.45) is 2.21. The molecule has 2 rings (SSSR count). The maximum Gasteiger partial charge on any atom is 0.341 e. The van der Waals surface area contributed by atoms with Gasteiger partial charge in [-0.3, -0.25) is 4.68 Å². The van der Waals surface area contributed by atoms with Crippen molar-refractivity contribution in [3.8, 4) is 0 Å². The minimum absolute atomic E-state index is 0.324. The van der Waals surface area contributed by atoms with Crippen molar-refractivity contribution < 1.29 is 9.90 Å². The van der Waals surface area contributed by atoms with Gasteiger partial charge in [-0.2, -0.15) is 5.10 Å². The van der Waals surface area contributed by atoms with E-state index in [1.807, 2.05) is 7.05 Å². The number of aromatic nitrogens is 2. The molecule has 1 aliphatic rings. The molecule has 0 aliphatic carbocycles. The second-order valence-electron chi connectivity index (χ2n) is 6.84. The Balaban J connectivity index is 2.21. The van der Waals surface area contributed by atoms with Crippen LogP contribution < -0.4 is 4.90 Å². The summed E-state index contributed by atoms with van der Waals surface area (Å²) in [5.41, 5.74) is 1.26. The molecule has 1 aliphatic heterocycles. The molecule has 1 aromatic rings. The predicted molar refractivity (Wildman–Crippen MR) is 79.3 cm³/mol. The minimum atomic E-state index is -0.886. The van der Waals surface area contributed by atoms with E-state index < -0.39 is 5.97 Å². The van der Waals surface area contributed by atoms with Gasteiger partial charge in [-0.15, -0.1) is 0 Å². The zero-order valence-corrected chi connectivity index (χ0v) is 13.1. The first-order valence-corrected chi connectivity index (χ1v) is 7.23. The number of hydrogen-bond donors (Lipinski definition) is 1. The van der Waals surface area contributed by atoms with Crippen LogP contribution in [0.3, 0.4) is 0 Å². The Labute approximate surface area is 120 Å². The number of anilines is 1. The van der Waals surface area contributed by atoms with E-state index in [2.05, 4.69) is 30.8 Å². The third kappa shape index (κ3) is 2.67. The Hall–Kier alpha value is -1.52. The summed E-state index contributed by atoms with van der Waals surface area (Å²) in [7, 11) is 1.82. The molecule has 5 heteroatoms. The van der Waals surface area contributed by atoms with Gasteiger partial charge in [0.1, 0.15) is 11.4 Å². The van der Waals surface area contributed by atoms with Crippen LogP contribution in [-0.2, 0) is 7.05 Å². The van der Waals surface area contributed by atoms with Crippen LogP contribution in [0.15, 0.2) is 0 Å². The highest BCUT2D eigenvalue weighted by Gasteiger charge is 2.32. The Morgan fingerprint density at radius 2 is 1.85 bits per heavy atom. The van der Waals surface area contributed by atoms with Gasteiger partial charge >= 0.3 is 5.97 Å². The summed E-state index contributed by atoms with van der Waals surface area (Å²) in [6, 6.07) is 0. The van der Waals surface area contributed by atoms with Gasteiger partial charge in [0.05, 0.1) is 5.69 Å². The Morgan fingerprint density at radius 3 is 2.30 bits per heavy atom. The lowest BCUT2D eigenvalue weighted by atomic mass is 9.75. The molecule has 5 nitrogen and oxygen atoms in total. The number of rotatable bonds is 2. The van der Waals surface area contributed by atoms with Gasteiger partial charge in [0.2, 0.25) is 0 Å². The first kappa shape index (κ1) is 14.9. The number of carboxylic acid groups (broad SMARTS) is 1. The number of carbonyl (C=O) groups is 1. The number of aromatic carboxylic acids is 1. The molecule has 0 saturated carbocycles. The van der Waals surface area contributed by atoms with Crippen molar-refractivity contribution in [3.63, 3.8) is 0 Å². The van der Waals surface area contributed by atoms with Crippen molar-refractivity contribution in [2.24, 2.45) is 18.4 Å². The monoisotopic (exact) mass is 279 g/mol. The van der Waals surface area contributed by atoms with E-state index in [-0.39, 0.29) is 0 Å². The van der Waals surface area contributed by atoms with E-state index >= 15 is 0 Å². The van der Waals surface area contributed by atoms with E-state index in [0.717, 1.165) is 31.7 Å². The zero-order chi connectivity index (χ0) is 15.1.